The monoisotopic (exact) mass is 167 g/mol. The van der Waals surface area contributed by atoms with Crippen LogP contribution in [0, 0.1) is 0 Å². The van der Waals surface area contributed by atoms with E-state index in [0.29, 0.717) is 5.75 Å². The SMILES string of the molecule is [B]O[P+](=O)Oc1ccccc1. The van der Waals surface area contributed by atoms with E-state index >= 15 is 0 Å². The lowest BCUT2D eigenvalue weighted by molar-refractivity contribution is 0.429. The summed E-state index contributed by atoms with van der Waals surface area (Å²) in [5.41, 5.74) is 0. The van der Waals surface area contributed by atoms with Crippen molar-refractivity contribution in [3.05, 3.63) is 30.3 Å². The standard InChI is InChI=1S/C6H5BO3P/c7-10-11(8)9-6-4-2-1-3-5-6/h1-5H/q+1. The molecule has 0 N–H and O–H groups in total. The predicted molar refractivity (Wildman–Crippen MR) is 41.5 cm³/mol. The van der Waals surface area contributed by atoms with E-state index in [1.807, 2.05) is 6.07 Å². The maximum atomic E-state index is 10.6. The molecule has 0 fully saturated rings. The Morgan fingerprint density at radius 3 is 2.45 bits per heavy atom. The van der Waals surface area contributed by atoms with Gasteiger partial charge in [-0.15, -0.1) is 0 Å². The molecule has 0 spiro atoms. The van der Waals surface area contributed by atoms with Crippen LogP contribution in [0.4, 0.5) is 0 Å². The van der Waals surface area contributed by atoms with Crippen molar-refractivity contribution in [1.29, 1.82) is 0 Å². The molecule has 2 radical (unpaired) electrons. The Hall–Kier alpha value is -0.855. The lowest BCUT2D eigenvalue weighted by atomic mass is 10.3. The second kappa shape index (κ2) is 4.11. The molecule has 3 nitrogen and oxygen atoms in total. The van der Waals surface area contributed by atoms with Crippen LogP contribution in [-0.4, -0.2) is 8.05 Å². The van der Waals surface area contributed by atoms with Crippen molar-refractivity contribution < 1.29 is 13.5 Å². The predicted octanol–water partition coefficient (Wildman–Crippen LogP) is 1.82. The first-order chi connectivity index (χ1) is 5.33. The smallest absolute Gasteiger partial charge is 0.230 e. The molecule has 54 valence electrons. The maximum Gasteiger partial charge on any atom is 0.732 e. The molecular formula is C6H5BO3P+. The van der Waals surface area contributed by atoms with Gasteiger partial charge in [0.15, 0.2) is 5.75 Å². The van der Waals surface area contributed by atoms with Crippen LogP contribution in [-0.2, 0) is 9.01 Å². The van der Waals surface area contributed by atoms with Gasteiger partial charge in [-0.1, -0.05) is 18.2 Å². The van der Waals surface area contributed by atoms with Crippen molar-refractivity contribution >= 4 is 16.3 Å². The van der Waals surface area contributed by atoms with Crippen molar-refractivity contribution in [3.8, 4) is 5.75 Å². The number of benzene rings is 1. The lowest BCUT2D eigenvalue weighted by Gasteiger charge is -1.88. The van der Waals surface area contributed by atoms with Crippen LogP contribution < -0.4 is 4.52 Å². The fraction of sp³-hybridized carbons (Fsp3) is 0. The number of hydrogen-bond acceptors (Lipinski definition) is 3. The summed E-state index contributed by atoms with van der Waals surface area (Å²) in [6.45, 7) is 0. The van der Waals surface area contributed by atoms with Crippen molar-refractivity contribution in [2.24, 2.45) is 0 Å². The topological polar surface area (TPSA) is 35.5 Å². The molecule has 0 saturated heterocycles. The van der Waals surface area contributed by atoms with Crippen LogP contribution in [0.5, 0.6) is 5.75 Å². The molecule has 0 aliphatic carbocycles. The van der Waals surface area contributed by atoms with Gasteiger partial charge in [-0.3, -0.25) is 0 Å². The van der Waals surface area contributed by atoms with E-state index in [1.165, 1.54) is 0 Å². The molecule has 0 aliphatic heterocycles. The van der Waals surface area contributed by atoms with Crippen molar-refractivity contribution in [2.45, 2.75) is 0 Å². The summed E-state index contributed by atoms with van der Waals surface area (Å²) in [4.78, 5) is 0. The average Bonchev–Trinajstić information content (AvgIpc) is 2.06. The normalized spacial score (nSPS) is 10.7. The summed E-state index contributed by atoms with van der Waals surface area (Å²) in [7, 11) is 2.38. The molecule has 0 aromatic heterocycles. The van der Waals surface area contributed by atoms with Crippen LogP contribution in [0.15, 0.2) is 30.3 Å². The second-order valence-corrected chi connectivity index (χ2v) is 2.57. The van der Waals surface area contributed by atoms with E-state index in [4.69, 9.17) is 4.52 Å². The third-order valence-corrected chi connectivity index (χ3v) is 1.54. The third kappa shape index (κ3) is 2.70. The molecule has 1 rings (SSSR count). The molecule has 11 heavy (non-hydrogen) atoms. The van der Waals surface area contributed by atoms with Gasteiger partial charge in [0.25, 0.3) is 0 Å². The molecule has 5 heteroatoms. The molecule has 0 bridgehead atoms. The van der Waals surface area contributed by atoms with Crippen LogP contribution in [0.3, 0.4) is 0 Å². The second-order valence-electron chi connectivity index (χ2n) is 1.73. The third-order valence-electron chi connectivity index (χ3n) is 1.01. The van der Waals surface area contributed by atoms with Gasteiger partial charge in [0, 0.05) is 4.57 Å². The highest BCUT2D eigenvalue weighted by Gasteiger charge is 2.16. The molecule has 0 heterocycles. The summed E-state index contributed by atoms with van der Waals surface area (Å²) in [5.74, 6) is 0.471. The van der Waals surface area contributed by atoms with Gasteiger partial charge in [0.2, 0.25) is 0 Å². The zero-order chi connectivity index (χ0) is 8.10. The number of hydrogen-bond donors (Lipinski definition) is 0. The van der Waals surface area contributed by atoms with Crippen LogP contribution >= 0.6 is 8.25 Å². The molecular weight excluding hydrogens is 162 g/mol. The minimum atomic E-state index is -2.23. The Labute approximate surface area is 66.7 Å². The molecule has 1 aromatic rings. The first-order valence-electron chi connectivity index (χ1n) is 2.90. The van der Waals surface area contributed by atoms with E-state index < -0.39 is 8.25 Å². The van der Waals surface area contributed by atoms with E-state index in [0.717, 1.165) is 0 Å². The fourth-order valence-electron chi connectivity index (χ4n) is 0.589. The summed E-state index contributed by atoms with van der Waals surface area (Å²) in [6.07, 6.45) is 0. The minimum Gasteiger partial charge on any atom is -0.230 e. The van der Waals surface area contributed by atoms with Crippen LogP contribution in [0.25, 0.3) is 0 Å². The number of rotatable bonds is 3. The zero-order valence-electron chi connectivity index (χ0n) is 5.64. The minimum absolute atomic E-state index is 0.471. The largest absolute Gasteiger partial charge is 0.732 e. The van der Waals surface area contributed by atoms with Crippen molar-refractivity contribution in [1.82, 2.24) is 0 Å². The zero-order valence-corrected chi connectivity index (χ0v) is 6.53. The lowest BCUT2D eigenvalue weighted by Crippen LogP contribution is -1.81. The average molecular weight is 167 g/mol. The Morgan fingerprint density at radius 2 is 1.91 bits per heavy atom. The highest BCUT2D eigenvalue weighted by Crippen LogP contribution is 2.25. The van der Waals surface area contributed by atoms with E-state index in [1.54, 1.807) is 24.3 Å². The first kappa shape index (κ1) is 8.24. The molecule has 1 atom stereocenters. The van der Waals surface area contributed by atoms with E-state index in [2.05, 4.69) is 12.5 Å². The van der Waals surface area contributed by atoms with Gasteiger partial charge >= 0.3 is 16.3 Å². The number of para-hydroxylation sites is 1. The Kier molecular flexibility index (Phi) is 3.08. The molecule has 0 aliphatic rings. The summed E-state index contributed by atoms with van der Waals surface area (Å²) >= 11 is 0. The van der Waals surface area contributed by atoms with Crippen molar-refractivity contribution in [3.63, 3.8) is 0 Å². The van der Waals surface area contributed by atoms with Gasteiger partial charge in [-0.2, -0.15) is 4.44 Å². The van der Waals surface area contributed by atoms with Gasteiger partial charge in [-0.05, 0) is 12.1 Å². The maximum absolute atomic E-state index is 10.6. The Morgan fingerprint density at radius 1 is 1.27 bits per heavy atom. The highest BCUT2D eigenvalue weighted by molar-refractivity contribution is 7.34. The van der Waals surface area contributed by atoms with Crippen LogP contribution in [0.1, 0.15) is 0 Å². The van der Waals surface area contributed by atoms with Gasteiger partial charge in [-0.25, -0.2) is 4.52 Å². The van der Waals surface area contributed by atoms with Crippen LogP contribution in [0.2, 0.25) is 0 Å². The van der Waals surface area contributed by atoms with Crippen molar-refractivity contribution in [2.75, 3.05) is 0 Å². The van der Waals surface area contributed by atoms with Gasteiger partial charge < -0.3 is 0 Å². The first-order valence-corrected chi connectivity index (χ1v) is 3.99. The molecule has 0 saturated carbocycles. The Balaban J connectivity index is 2.58. The summed E-state index contributed by atoms with van der Waals surface area (Å²) in [5, 5.41) is 0. The van der Waals surface area contributed by atoms with Gasteiger partial charge in [0.05, 0.1) is 0 Å². The quantitative estimate of drug-likeness (QED) is 0.508. The molecule has 0 amide bonds. The molecule has 1 aromatic carbocycles. The summed E-state index contributed by atoms with van der Waals surface area (Å²) in [6, 6.07) is 8.66. The molecule has 1 unspecified atom stereocenters. The Bertz CT molecular complexity index is 239. The summed E-state index contributed by atoms with van der Waals surface area (Å²) < 4.78 is 19.2. The van der Waals surface area contributed by atoms with Gasteiger partial charge in [0.1, 0.15) is 0 Å². The fourth-order valence-corrected chi connectivity index (χ4v) is 0.926. The highest BCUT2D eigenvalue weighted by atomic mass is 31.1. The van der Waals surface area contributed by atoms with E-state index in [-0.39, 0.29) is 0 Å². The van der Waals surface area contributed by atoms with E-state index in [9.17, 15) is 4.57 Å².